The van der Waals surface area contributed by atoms with Crippen LogP contribution < -0.4 is 0 Å². The molecular formula is C6H6F8O. The molecule has 0 amide bonds. The molecule has 0 aliphatic heterocycles. The second-order valence-corrected chi connectivity index (χ2v) is 2.79. The van der Waals surface area contributed by atoms with Crippen LogP contribution in [0.5, 0.6) is 0 Å². The largest absolute Gasteiger partial charge is 0.399 e. The molecule has 1 nitrogen and oxygen atoms in total. The Kier molecular flexibility index (Phi) is 4.32. The predicted molar refractivity (Wildman–Crippen MR) is 32.2 cm³/mol. The van der Waals surface area contributed by atoms with Gasteiger partial charge < -0.3 is 5.11 Å². The van der Waals surface area contributed by atoms with Crippen LogP contribution in [0.3, 0.4) is 0 Å². The van der Waals surface area contributed by atoms with Gasteiger partial charge in [-0.25, -0.2) is 8.78 Å². The SMILES string of the molecule is OC(CC(F)(F)F)C(C(F)F)C(F)(F)F. The number of hydrogen-bond donors (Lipinski definition) is 1. The Bertz CT molecular complexity index is 194. The molecule has 0 fully saturated rings. The molecule has 92 valence electrons. The summed E-state index contributed by atoms with van der Waals surface area (Å²) in [5, 5.41) is 8.43. The van der Waals surface area contributed by atoms with Gasteiger partial charge in [0, 0.05) is 0 Å². The van der Waals surface area contributed by atoms with Gasteiger partial charge in [0.1, 0.15) is 5.92 Å². The topological polar surface area (TPSA) is 20.2 Å². The third-order valence-electron chi connectivity index (χ3n) is 1.50. The summed E-state index contributed by atoms with van der Waals surface area (Å²) in [4.78, 5) is 0. The summed E-state index contributed by atoms with van der Waals surface area (Å²) in [6.45, 7) is 0. The van der Waals surface area contributed by atoms with Gasteiger partial charge in [0.05, 0.1) is 12.5 Å². The number of rotatable bonds is 3. The van der Waals surface area contributed by atoms with Crippen molar-refractivity contribution in [2.75, 3.05) is 0 Å². The molecule has 0 saturated heterocycles. The number of halogens is 8. The van der Waals surface area contributed by atoms with Crippen molar-refractivity contribution in [3.8, 4) is 0 Å². The molecule has 2 atom stereocenters. The van der Waals surface area contributed by atoms with Crippen LogP contribution >= 0.6 is 0 Å². The van der Waals surface area contributed by atoms with Gasteiger partial charge in [-0.2, -0.15) is 26.3 Å². The van der Waals surface area contributed by atoms with E-state index in [1.807, 2.05) is 0 Å². The van der Waals surface area contributed by atoms with E-state index in [0.717, 1.165) is 0 Å². The minimum atomic E-state index is -5.57. The highest BCUT2D eigenvalue weighted by molar-refractivity contribution is 4.79. The highest BCUT2D eigenvalue weighted by atomic mass is 19.4. The van der Waals surface area contributed by atoms with Gasteiger partial charge in [-0.05, 0) is 0 Å². The van der Waals surface area contributed by atoms with Gasteiger partial charge in [-0.1, -0.05) is 0 Å². The first-order valence-corrected chi connectivity index (χ1v) is 3.55. The lowest BCUT2D eigenvalue weighted by Crippen LogP contribution is -2.41. The van der Waals surface area contributed by atoms with E-state index < -0.39 is 37.2 Å². The van der Waals surface area contributed by atoms with Crippen molar-refractivity contribution >= 4 is 0 Å². The quantitative estimate of drug-likeness (QED) is 0.759. The first-order chi connectivity index (χ1) is 6.45. The van der Waals surface area contributed by atoms with E-state index in [-0.39, 0.29) is 0 Å². The van der Waals surface area contributed by atoms with Crippen LogP contribution in [0.2, 0.25) is 0 Å². The van der Waals surface area contributed by atoms with Crippen LogP contribution in [0.1, 0.15) is 6.42 Å². The second kappa shape index (κ2) is 4.50. The molecule has 0 aliphatic rings. The maximum Gasteiger partial charge on any atom is 0.399 e. The molecule has 0 aliphatic carbocycles. The molecular weight excluding hydrogens is 240 g/mol. The lowest BCUT2D eigenvalue weighted by Gasteiger charge is -2.25. The molecule has 15 heavy (non-hydrogen) atoms. The van der Waals surface area contributed by atoms with Crippen LogP contribution in [0.25, 0.3) is 0 Å². The molecule has 0 radical (unpaired) electrons. The average molecular weight is 246 g/mol. The normalized spacial score (nSPS) is 18.0. The lowest BCUT2D eigenvalue weighted by atomic mass is 9.99. The Balaban J connectivity index is 4.66. The van der Waals surface area contributed by atoms with Gasteiger partial charge in [-0.15, -0.1) is 0 Å². The Morgan fingerprint density at radius 1 is 0.933 bits per heavy atom. The van der Waals surface area contributed by atoms with Crippen LogP contribution in [-0.2, 0) is 0 Å². The van der Waals surface area contributed by atoms with Crippen molar-refractivity contribution in [2.45, 2.75) is 31.3 Å². The fourth-order valence-electron chi connectivity index (χ4n) is 0.893. The molecule has 2 unspecified atom stereocenters. The summed E-state index contributed by atoms with van der Waals surface area (Å²) in [5.74, 6) is -3.68. The van der Waals surface area contributed by atoms with Crippen molar-refractivity contribution in [3.05, 3.63) is 0 Å². The van der Waals surface area contributed by atoms with Crippen molar-refractivity contribution in [2.24, 2.45) is 5.92 Å². The maximum atomic E-state index is 11.8. The minimum absolute atomic E-state index is 2.32. The molecule has 9 heteroatoms. The Morgan fingerprint density at radius 2 is 1.33 bits per heavy atom. The number of aliphatic hydroxyl groups is 1. The van der Waals surface area contributed by atoms with Gasteiger partial charge in [0.25, 0.3) is 6.43 Å². The zero-order valence-corrected chi connectivity index (χ0v) is 6.91. The van der Waals surface area contributed by atoms with Crippen LogP contribution in [0.4, 0.5) is 35.1 Å². The first kappa shape index (κ1) is 14.4. The minimum Gasteiger partial charge on any atom is -0.392 e. The summed E-state index contributed by atoms with van der Waals surface area (Å²) in [6, 6.07) is 0. The van der Waals surface area contributed by atoms with Crippen LogP contribution in [0.15, 0.2) is 0 Å². The monoisotopic (exact) mass is 246 g/mol. The van der Waals surface area contributed by atoms with Gasteiger partial charge in [0.2, 0.25) is 0 Å². The summed E-state index contributed by atoms with van der Waals surface area (Å²) in [5.41, 5.74) is 0. The summed E-state index contributed by atoms with van der Waals surface area (Å²) in [7, 11) is 0. The maximum absolute atomic E-state index is 11.8. The summed E-state index contributed by atoms with van der Waals surface area (Å²) >= 11 is 0. The van der Waals surface area contributed by atoms with Crippen LogP contribution in [-0.4, -0.2) is 30.0 Å². The standard InChI is InChI=1S/C6H6F8O/c7-4(8)3(6(12,13)14)2(15)1-5(9,10)11/h2-4,15H,1H2. The zero-order valence-electron chi connectivity index (χ0n) is 6.91. The van der Waals surface area contributed by atoms with Gasteiger partial charge in [0.15, 0.2) is 0 Å². The number of hydrogen-bond acceptors (Lipinski definition) is 1. The van der Waals surface area contributed by atoms with E-state index in [2.05, 4.69) is 0 Å². The number of aliphatic hydroxyl groups excluding tert-OH is 1. The molecule has 0 aromatic rings. The van der Waals surface area contributed by atoms with Crippen molar-refractivity contribution in [1.29, 1.82) is 0 Å². The van der Waals surface area contributed by atoms with Crippen molar-refractivity contribution < 1.29 is 40.2 Å². The van der Waals surface area contributed by atoms with Crippen molar-refractivity contribution in [1.82, 2.24) is 0 Å². The zero-order chi connectivity index (χ0) is 12.4. The molecule has 0 saturated carbocycles. The summed E-state index contributed by atoms with van der Waals surface area (Å²) in [6.07, 6.45) is -20.3. The fourth-order valence-corrected chi connectivity index (χ4v) is 0.893. The van der Waals surface area contributed by atoms with E-state index in [0.29, 0.717) is 0 Å². The highest BCUT2D eigenvalue weighted by Gasteiger charge is 2.52. The van der Waals surface area contributed by atoms with Gasteiger partial charge in [-0.3, -0.25) is 0 Å². The Labute approximate surface area is 78.7 Å². The molecule has 0 aromatic heterocycles. The third-order valence-corrected chi connectivity index (χ3v) is 1.50. The number of alkyl halides is 8. The van der Waals surface area contributed by atoms with E-state index in [4.69, 9.17) is 5.11 Å². The molecule has 1 N–H and O–H groups in total. The molecule has 0 heterocycles. The molecule has 0 rings (SSSR count). The lowest BCUT2D eigenvalue weighted by molar-refractivity contribution is -0.248. The molecule has 0 aromatic carbocycles. The van der Waals surface area contributed by atoms with Crippen LogP contribution in [0, 0.1) is 5.92 Å². The van der Waals surface area contributed by atoms with E-state index in [1.165, 1.54) is 0 Å². The average Bonchev–Trinajstić information content (AvgIpc) is 1.74. The second-order valence-electron chi connectivity index (χ2n) is 2.79. The van der Waals surface area contributed by atoms with Gasteiger partial charge >= 0.3 is 12.4 Å². The molecule has 0 spiro atoms. The summed E-state index contributed by atoms with van der Waals surface area (Å²) < 4.78 is 93.6. The fraction of sp³-hybridized carbons (Fsp3) is 1.00. The third kappa shape index (κ3) is 5.14. The van der Waals surface area contributed by atoms with Crippen molar-refractivity contribution in [3.63, 3.8) is 0 Å². The molecule has 0 bridgehead atoms. The van der Waals surface area contributed by atoms with E-state index in [9.17, 15) is 35.1 Å². The Hall–Kier alpha value is -0.600. The van der Waals surface area contributed by atoms with E-state index in [1.54, 1.807) is 0 Å². The first-order valence-electron chi connectivity index (χ1n) is 3.55. The predicted octanol–water partition coefficient (Wildman–Crippen LogP) is 2.74. The van der Waals surface area contributed by atoms with E-state index >= 15 is 0 Å². The highest BCUT2D eigenvalue weighted by Crippen LogP contribution is 2.37. The Morgan fingerprint density at radius 3 is 1.53 bits per heavy atom. The smallest absolute Gasteiger partial charge is 0.392 e.